The maximum absolute atomic E-state index is 13.1. The van der Waals surface area contributed by atoms with Crippen molar-refractivity contribution in [3.63, 3.8) is 0 Å². The predicted octanol–water partition coefficient (Wildman–Crippen LogP) is 2.68. The van der Waals surface area contributed by atoms with E-state index in [1.165, 1.54) is 6.07 Å². The number of halogens is 3. The maximum atomic E-state index is 13.1. The van der Waals surface area contributed by atoms with Gasteiger partial charge in [0.15, 0.2) is 0 Å². The summed E-state index contributed by atoms with van der Waals surface area (Å²) >= 11 is 5.50. The van der Waals surface area contributed by atoms with Crippen molar-refractivity contribution in [3.8, 4) is 0 Å². The Kier molecular flexibility index (Phi) is 3.22. The highest BCUT2D eigenvalue weighted by Gasteiger charge is 2.12. The first-order valence-corrected chi connectivity index (χ1v) is 4.28. The Balaban J connectivity index is 3.15. The Bertz CT molecular complexity index is 315. The summed E-state index contributed by atoms with van der Waals surface area (Å²) in [4.78, 5) is 0. The lowest BCUT2D eigenvalue weighted by Crippen LogP contribution is -2.10. The lowest BCUT2D eigenvalue weighted by atomic mass is 10.0. The first kappa shape index (κ1) is 10.4. The molecule has 0 bridgehead atoms. The van der Waals surface area contributed by atoms with Crippen LogP contribution >= 0.6 is 11.6 Å². The normalized spacial score (nSPS) is 13.0. The van der Waals surface area contributed by atoms with Gasteiger partial charge in [0.05, 0.1) is 5.02 Å². The third kappa shape index (κ3) is 2.17. The van der Waals surface area contributed by atoms with Crippen LogP contribution in [-0.4, -0.2) is 6.54 Å². The number of nitrogens with two attached hydrogens (primary N) is 1. The van der Waals surface area contributed by atoms with Gasteiger partial charge in [-0.25, -0.2) is 8.78 Å². The first-order chi connectivity index (χ1) is 6.06. The van der Waals surface area contributed by atoms with Crippen LogP contribution in [0, 0.1) is 11.6 Å². The summed E-state index contributed by atoms with van der Waals surface area (Å²) in [6.45, 7) is 2.06. The molecule has 13 heavy (non-hydrogen) atoms. The van der Waals surface area contributed by atoms with Crippen LogP contribution in [0.25, 0.3) is 0 Å². The van der Waals surface area contributed by atoms with Gasteiger partial charge in [-0.15, -0.1) is 0 Å². The van der Waals surface area contributed by atoms with E-state index < -0.39 is 11.6 Å². The van der Waals surface area contributed by atoms with Crippen LogP contribution in [0.2, 0.25) is 5.02 Å². The molecular formula is C9H10ClF2N. The Morgan fingerprint density at radius 3 is 2.54 bits per heavy atom. The van der Waals surface area contributed by atoms with E-state index in [-0.39, 0.29) is 10.9 Å². The van der Waals surface area contributed by atoms with Crippen LogP contribution in [0.4, 0.5) is 8.78 Å². The van der Waals surface area contributed by atoms with E-state index in [1.807, 2.05) is 0 Å². The number of rotatable bonds is 2. The second-order valence-corrected chi connectivity index (χ2v) is 3.33. The average molecular weight is 206 g/mol. The highest BCUT2D eigenvalue weighted by molar-refractivity contribution is 6.30. The molecule has 0 fully saturated rings. The largest absolute Gasteiger partial charge is 0.330 e. The number of hydrogen-bond acceptors (Lipinski definition) is 1. The smallest absolute Gasteiger partial charge is 0.144 e. The molecule has 0 aliphatic rings. The van der Waals surface area contributed by atoms with Gasteiger partial charge < -0.3 is 5.73 Å². The van der Waals surface area contributed by atoms with E-state index in [1.54, 1.807) is 6.92 Å². The molecule has 1 aromatic carbocycles. The zero-order valence-electron chi connectivity index (χ0n) is 7.15. The van der Waals surface area contributed by atoms with Gasteiger partial charge in [0, 0.05) is 6.07 Å². The Labute approximate surface area is 80.5 Å². The molecule has 72 valence electrons. The number of benzene rings is 1. The maximum Gasteiger partial charge on any atom is 0.144 e. The summed E-state index contributed by atoms with van der Waals surface area (Å²) < 4.78 is 25.8. The molecule has 0 aromatic heterocycles. The van der Waals surface area contributed by atoms with E-state index in [9.17, 15) is 8.78 Å². The quantitative estimate of drug-likeness (QED) is 0.739. The lowest BCUT2D eigenvalue weighted by molar-refractivity contribution is 0.561. The Morgan fingerprint density at radius 2 is 2.00 bits per heavy atom. The van der Waals surface area contributed by atoms with Gasteiger partial charge in [0.25, 0.3) is 0 Å². The molecule has 4 heteroatoms. The van der Waals surface area contributed by atoms with Crippen molar-refractivity contribution < 1.29 is 8.78 Å². The summed E-state index contributed by atoms with van der Waals surface area (Å²) in [6, 6.07) is 2.06. The van der Waals surface area contributed by atoms with Gasteiger partial charge in [0.2, 0.25) is 0 Å². The minimum atomic E-state index is -0.743. The molecule has 0 saturated carbocycles. The molecule has 0 saturated heterocycles. The molecule has 0 aliphatic heterocycles. The molecule has 0 radical (unpaired) electrons. The monoisotopic (exact) mass is 205 g/mol. The predicted molar refractivity (Wildman–Crippen MR) is 48.8 cm³/mol. The van der Waals surface area contributed by atoms with Gasteiger partial charge in [-0.3, -0.25) is 0 Å². The van der Waals surface area contributed by atoms with Crippen LogP contribution < -0.4 is 5.73 Å². The van der Waals surface area contributed by atoms with Gasteiger partial charge in [-0.05, 0) is 24.1 Å². The fraction of sp³-hybridized carbons (Fsp3) is 0.333. The van der Waals surface area contributed by atoms with E-state index in [4.69, 9.17) is 17.3 Å². The third-order valence-corrected chi connectivity index (χ3v) is 2.21. The molecule has 0 heterocycles. The third-order valence-electron chi connectivity index (χ3n) is 1.92. The van der Waals surface area contributed by atoms with E-state index in [0.29, 0.717) is 12.1 Å². The summed E-state index contributed by atoms with van der Waals surface area (Å²) in [6.07, 6.45) is 0. The van der Waals surface area contributed by atoms with Crippen molar-refractivity contribution in [3.05, 3.63) is 34.4 Å². The van der Waals surface area contributed by atoms with Crippen LogP contribution in [-0.2, 0) is 0 Å². The fourth-order valence-electron chi connectivity index (χ4n) is 1.04. The molecule has 0 amide bonds. The molecule has 0 aliphatic carbocycles. The summed E-state index contributed by atoms with van der Waals surface area (Å²) in [5.74, 6) is -1.50. The summed E-state index contributed by atoms with van der Waals surface area (Å²) in [7, 11) is 0. The second kappa shape index (κ2) is 4.03. The van der Waals surface area contributed by atoms with Gasteiger partial charge in [0.1, 0.15) is 11.6 Å². The fourth-order valence-corrected chi connectivity index (χ4v) is 1.21. The highest BCUT2D eigenvalue weighted by Crippen LogP contribution is 2.24. The standard InChI is InChI=1S/C9H10ClF2N/c1-5(4-13)6-2-7(10)9(12)3-8(6)11/h2-3,5H,4,13H2,1H3. The zero-order chi connectivity index (χ0) is 10.0. The molecule has 1 aromatic rings. The van der Waals surface area contributed by atoms with Gasteiger partial charge in [-0.1, -0.05) is 18.5 Å². The first-order valence-electron chi connectivity index (χ1n) is 3.90. The van der Waals surface area contributed by atoms with E-state index in [0.717, 1.165) is 6.07 Å². The van der Waals surface area contributed by atoms with Crippen molar-refractivity contribution in [1.29, 1.82) is 0 Å². The molecule has 0 spiro atoms. The lowest BCUT2D eigenvalue weighted by Gasteiger charge is -2.10. The Morgan fingerprint density at radius 1 is 1.38 bits per heavy atom. The van der Waals surface area contributed by atoms with Crippen molar-refractivity contribution in [2.75, 3.05) is 6.54 Å². The van der Waals surface area contributed by atoms with Crippen LogP contribution in [0.1, 0.15) is 18.4 Å². The van der Waals surface area contributed by atoms with Crippen LogP contribution in [0.3, 0.4) is 0 Å². The van der Waals surface area contributed by atoms with Crippen molar-refractivity contribution in [2.24, 2.45) is 5.73 Å². The average Bonchev–Trinajstić information content (AvgIpc) is 2.10. The van der Waals surface area contributed by atoms with Gasteiger partial charge >= 0.3 is 0 Å². The van der Waals surface area contributed by atoms with Crippen LogP contribution in [0.15, 0.2) is 12.1 Å². The number of hydrogen-bond donors (Lipinski definition) is 1. The van der Waals surface area contributed by atoms with Crippen molar-refractivity contribution in [2.45, 2.75) is 12.8 Å². The van der Waals surface area contributed by atoms with E-state index >= 15 is 0 Å². The Hall–Kier alpha value is -0.670. The topological polar surface area (TPSA) is 26.0 Å². The second-order valence-electron chi connectivity index (χ2n) is 2.92. The molecular weight excluding hydrogens is 196 g/mol. The van der Waals surface area contributed by atoms with E-state index in [2.05, 4.69) is 0 Å². The zero-order valence-corrected chi connectivity index (χ0v) is 7.91. The highest BCUT2D eigenvalue weighted by atomic mass is 35.5. The van der Waals surface area contributed by atoms with Crippen molar-refractivity contribution >= 4 is 11.6 Å². The minimum absolute atomic E-state index is 0.0725. The molecule has 1 rings (SSSR count). The van der Waals surface area contributed by atoms with Crippen LogP contribution in [0.5, 0.6) is 0 Å². The summed E-state index contributed by atoms with van der Waals surface area (Å²) in [5.41, 5.74) is 5.71. The molecule has 2 N–H and O–H groups in total. The van der Waals surface area contributed by atoms with Gasteiger partial charge in [-0.2, -0.15) is 0 Å². The van der Waals surface area contributed by atoms with Crippen molar-refractivity contribution in [1.82, 2.24) is 0 Å². The summed E-state index contributed by atoms with van der Waals surface area (Å²) in [5, 5.41) is -0.0725. The molecule has 1 nitrogen and oxygen atoms in total. The molecule has 1 unspecified atom stereocenters. The molecule has 1 atom stereocenters. The minimum Gasteiger partial charge on any atom is -0.330 e. The SMILES string of the molecule is CC(CN)c1cc(Cl)c(F)cc1F.